The van der Waals surface area contributed by atoms with Crippen LogP contribution < -0.4 is 0 Å². The number of hydrogen-bond acceptors (Lipinski definition) is 4. The van der Waals surface area contributed by atoms with Crippen molar-refractivity contribution < 1.29 is 4.79 Å². The fourth-order valence-corrected chi connectivity index (χ4v) is 3.73. The van der Waals surface area contributed by atoms with Crippen molar-refractivity contribution in [1.82, 2.24) is 4.90 Å². The molecular formula is C18H15Cl2N3OS. The van der Waals surface area contributed by atoms with Crippen LogP contribution in [0.5, 0.6) is 0 Å². The van der Waals surface area contributed by atoms with Crippen LogP contribution >= 0.6 is 35.0 Å². The monoisotopic (exact) mass is 391 g/mol. The topological polar surface area (TPSA) is 45.0 Å². The fourth-order valence-electron chi connectivity index (χ4n) is 2.33. The SMILES string of the molecule is C/C(=N\N=C1\SC(c2ccccc2)C(=O)N1C)c1ccc(Cl)c(Cl)c1. The summed E-state index contributed by atoms with van der Waals surface area (Å²) in [5.41, 5.74) is 2.48. The van der Waals surface area contributed by atoms with E-state index in [1.54, 1.807) is 19.2 Å². The first kappa shape index (κ1) is 18.0. The second-order valence-corrected chi connectivity index (χ2v) is 7.39. The lowest BCUT2D eigenvalue weighted by Gasteiger charge is -2.08. The van der Waals surface area contributed by atoms with E-state index < -0.39 is 0 Å². The molecule has 0 aromatic heterocycles. The number of carbonyl (C=O) groups excluding carboxylic acids is 1. The standard InChI is InChI=1S/C18H15Cl2N3OS/c1-11(13-8-9-14(19)15(20)10-13)21-22-18-23(2)17(24)16(25-18)12-6-4-3-5-7-12/h3-10,16H,1-2H3/b21-11+,22-18+. The maximum absolute atomic E-state index is 12.5. The molecule has 0 spiro atoms. The van der Waals surface area contributed by atoms with Gasteiger partial charge < -0.3 is 0 Å². The van der Waals surface area contributed by atoms with Crippen molar-refractivity contribution in [2.24, 2.45) is 10.2 Å². The van der Waals surface area contributed by atoms with Gasteiger partial charge in [0.05, 0.1) is 15.8 Å². The predicted octanol–water partition coefficient (Wildman–Crippen LogP) is 5.02. The Morgan fingerprint density at radius 2 is 1.84 bits per heavy atom. The molecule has 1 aliphatic heterocycles. The van der Waals surface area contributed by atoms with Gasteiger partial charge in [0.1, 0.15) is 5.25 Å². The van der Waals surface area contributed by atoms with Gasteiger partial charge in [-0.2, -0.15) is 5.10 Å². The minimum atomic E-state index is -0.287. The van der Waals surface area contributed by atoms with Gasteiger partial charge in [-0.1, -0.05) is 71.4 Å². The summed E-state index contributed by atoms with van der Waals surface area (Å²) in [5.74, 6) is -0.00246. The van der Waals surface area contributed by atoms with Crippen LogP contribution in [-0.2, 0) is 4.79 Å². The molecule has 3 rings (SSSR count). The minimum Gasteiger partial charge on any atom is -0.292 e. The van der Waals surface area contributed by atoms with Crippen molar-refractivity contribution in [1.29, 1.82) is 0 Å². The Kier molecular flexibility index (Phi) is 5.47. The summed E-state index contributed by atoms with van der Waals surface area (Å²) in [7, 11) is 1.71. The number of likely N-dealkylation sites (N-methyl/N-ethyl adjacent to an activating group) is 1. The number of hydrogen-bond donors (Lipinski definition) is 0. The van der Waals surface area contributed by atoms with Gasteiger partial charge in [-0.15, -0.1) is 5.10 Å². The molecule has 1 saturated heterocycles. The third kappa shape index (κ3) is 3.89. The summed E-state index contributed by atoms with van der Waals surface area (Å²) in [4.78, 5) is 14.0. The van der Waals surface area contributed by atoms with Gasteiger partial charge >= 0.3 is 0 Å². The maximum atomic E-state index is 12.5. The van der Waals surface area contributed by atoms with Crippen LogP contribution in [0.2, 0.25) is 10.0 Å². The van der Waals surface area contributed by atoms with Crippen LogP contribution in [0, 0.1) is 0 Å². The number of halogens is 2. The van der Waals surface area contributed by atoms with Crippen LogP contribution in [0.1, 0.15) is 23.3 Å². The van der Waals surface area contributed by atoms with Gasteiger partial charge in [-0.3, -0.25) is 9.69 Å². The van der Waals surface area contributed by atoms with Crippen LogP contribution in [0.3, 0.4) is 0 Å². The second kappa shape index (κ2) is 7.60. The molecule has 2 aromatic rings. The van der Waals surface area contributed by atoms with Crippen molar-refractivity contribution in [2.45, 2.75) is 12.2 Å². The van der Waals surface area contributed by atoms with Gasteiger partial charge in [-0.25, -0.2) is 0 Å². The van der Waals surface area contributed by atoms with Gasteiger partial charge in [0, 0.05) is 7.05 Å². The smallest absolute Gasteiger partial charge is 0.246 e. The molecule has 1 amide bonds. The van der Waals surface area contributed by atoms with E-state index in [1.165, 1.54) is 16.7 Å². The summed E-state index contributed by atoms with van der Waals surface area (Å²) in [5, 5.41) is 9.74. The lowest BCUT2D eigenvalue weighted by atomic mass is 10.1. The molecule has 128 valence electrons. The fraction of sp³-hybridized carbons (Fsp3) is 0.167. The average Bonchev–Trinajstić information content (AvgIpc) is 2.91. The van der Waals surface area contributed by atoms with E-state index in [2.05, 4.69) is 10.2 Å². The Labute approximate surface area is 160 Å². The first-order valence-corrected chi connectivity index (χ1v) is 9.18. The van der Waals surface area contributed by atoms with E-state index >= 15 is 0 Å². The van der Waals surface area contributed by atoms with Crippen molar-refractivity contribution in [3.8, 4) is 0 Å². The van der Waals surface area contributed by atoms with Crippen LogP contribution in [0.4, 0.5) is 0 Å². The molecule has 0 aliphatic carbocycles. The maximum Gasteiger partial charge on any atom is 0.246 e. The van der Waals surface area contributed by atoms with Crippen LogP contribution in [0.25, 0.3) is 0 Å². The Hall–Kier alpha value is -1.82. The highest BCUT2D eigenvalue weighted by atomic mass is 35.5. The number of rotatable bonds is 3. The van der Waals surface area contributed by atoms with Crippen LogP contribution in [0.15, 0.2) is 58.7 Å². The third-order valence-corrected chi connectivity index (χ3v) is 5.81. The van der Waals surface area contributed by atoms with Gasteiger partial charge in [0.2, 0.25) is 5.91 Å². The summed E-state index contributed by atoms with van der Waals surface area (Å²) in [6.07, 6.45) is 0. The van der Waals surface area contributed by atoms with Crippen molar-refractivity contribution in [3.05, 3.63) is 69.7 Å². The van der Waals surface area contributed by atoms with Crippen molar-refractivity contribution in [2.75, 3.05) is 7.05 Å². The third-order valence-electron chi connectivity index (χ3n) is 3.79. The summed E-state index contributed by atoms with van der Waals surface area (Å²) in [6, 6.07) is 14.9. The van der Waals surface area contributed by atoms with E-state index in [9.17, 15) is 4.79 Å². The molecule has 1 unspecified atom stereocenters. The Morgan fingerprint density at radius 1 is 1.12 bits per heavy atom. The first-order chi connectivity index (χ1) is 12.0. The molecule has 1 aliphatic rings. The zero-order chi connectivity index (χ0) is 18.0. The van der Waals surface area contributed by atoms with Gasteiger partial charge in [-0.05, 0) is 30.2 Å². The number of amides is 1. The zero-order valence-corrected chi connectivity index (χ0v) is 15.9. The van der Waals surface area contributed by atoms with Crippen molar-refractivity contribution >= 4 is 51.8 Å². The molecule has 25 heavy (non-hydrogen) atoms. The van der Waals surface area contributed by atoms with E-state index in [4.69, 9.17) is 23.2 Å². The largest absolute Gasteiger partial charge is 0.292 e. The van der Waals surface area contributed by atoms with E-state index in [0.29, 0.717) is 20.9 Å². The number of thioether (sulfide) groups is 1. The first-order valence-electron chi connectivity index (χ1n) is 7.54. The molecule has 4 nitrogen and oxygen atoms in total. The molecule has 1 fully saturated rings. The van der Waals surface area contributed by atoms with Gasteiger partial charge in [0.15, 0.2) is 5.17 Å². The highest BCUT2D eigenvalue weighted by molar-refractivity contribution is 8.15. The minimum absolute atomic E-state index is 0.00246. The van der Waals surface area contributed by atoms with Crippen molar-refractivity contribution in [3.63, 3.8) is 0 Å². The summed E-state index contributed by atoms with van der Waals surface area (Å²) < 4.78 is 0. The highest BCUT2D eigenvalue weighted by Crippen LogP contribution is 2.38. The molecule has 2 aromatic carbocycles. The molecule has 1 atom stereocenters. The number of nitrogens with zero attached hydrogens (tertiary/aromatic N) is 3. The molecule has 1 heterocycles. The molecular weight excluding hydrogens is 377 g/mol. The lowest BCUT2D eigenvalue weighted by molar-refractivity contribution is -0.125. The number of benzene rings is 2. The van der Waals surface area contributed by atoms with Crippen LogP contribution in [-0.4, -0.2) is 28.7 Å². The molecule has 0 bridgehead atoms. The molecule has 0 radical (unpaired) electrons. The molecule has 0 N–H and O–H groups in total. The van der Waals surface area contributed by atoms with E-state index in [0.717, 1.165) is 11.1 Å². The zero-order valence-electron chi connectivity index (χ0n) is 13.6. The van der Waals surface area contributed by atoms with E-state index in [1.807, 2.05) is 43.3 Å². The summed E-state index contributed by atoms with van der Waals surface area (Å²) >= 11 is 13.4. The number of amidine groups is 1. The number of carbonyl (C=O) groups is 1. The average molecular weight is 392 g/mol. The quantitative estimate of drug-likeness (QED) is 0.544. The summed E-state index contributed by atoms with van der Waals surface area (Å²) in [6.45, 7) is 1.83. The van der Waals surface area contributed by atoms with E-state index in [-0.39, 0.29) is 11.2 Å². The second-order valence-electron chi connectivity index (χ2n) is 5.50. The Morgan fingerprint density at radius 3 is 2.52 bits per heavy atom. The highest BCUT2D eigenvalue weighted by Gasteiger charge is 2.36. The van der Waals surface area contributed by atoms with Gasteiger partial charge in [0.25, 0.3) is 0 Å². The Balaban J connectivity index is 1.83. The molecule has 7 heteroatoms. The molecule has 0 saturated carbocycles. The Bertz CT molecular complexity index is 868. The normalized spacial score (nSPS) is 19.8. The lowest BCUT2D eigenvalue weighted by Crippen LogP contribution is -2.25. The predicted molar refractivity (Wildman–Crippen MR) is 106 cm³/mol.